The molecule has 0 N–H and O–H groups in total. The van der Waals surface area contributed by atoms with Gasteiger partial charge in [-0.15, -0.1) is 0 Å². The van der Waals surface area contributed by atoms with Crippen LogP contribution in [0, 0.1) is 23.4 Å². The van der Waals surface area contributed by atoms with Crippen LogP contribution in [0.5, 0.6) is 5.75 Å². The zero-order chi connectivity index (χ0) is 24.8. The van der Waals surface area contributed by atoms with Crippen molar-refractivity contribution in [2.24, 2.45) is 5.92 Å². The molecule has 0 amide bonds. The number of unbranched alkanes of at least 4 members (excludes halogenated alkanes) is 2. The number of rotatable bonds is 9. The van der Waals surface area contributed by atoms with E-state index in [9.17, 15) is 4.39 Å². The topological polar surface area (TPSA) is 9.23 Å². The highest BCUT2D eigenvalue weighted by atomic mass is 19.2. The second-order valence-electron chi connectivity index (χ2n) is 10.8. The monoisotopic (exact) mass is 486 g/mol. The second-order valence-corrected chi connectivity index (χ2v) is 10.8. The van der Waals surface area contributed by atoms with Crippen molar-refractivity contribution >= 4 is 0 Å². The van der Waals surface area contributed by atoms with Crippen LogP contribution in [0.1, 0.15) is 125 Å². The minimum Gasteiger partial charge on any atom is -0.491 e. The standard InChI is InChI=1S/C31H41F3O/c1-3-5-6-7-21-8-10-23(11-9-21)26-17-18-27(31(34)30(26)33)24-14-12-22(13-15-24)25-16-19-29(35-4-2)28(32)20-25/h16-24H,3-15H2,1-2H3. The van der Waals surface area contributed by atoms with Crippen molar-refractivity contribution in [2.75, 3.05) is 6.61 Å². The maximum Gasteiger partial charge on any atom is 0.165 e. The molecule has 4 heteroatoms. The van der Waals surface area contributed by atoms with Crippen molar-refractivity contribution in [3.05, 3.63) is 64.5 Å². The van der Waals surface area contributed by atoms with E-state index in [4.69, 9.17) is 4.74 Å². The average Bonchev–Trinajstić information content (AvgIpc) is 2.88. The Labute approximate surface area is 209 Å². The van der Waals surface area contributed by atoms with Crippen LogP contribution in [0.15, 0.2) is 30.3 Å². The lowest BCUT2D eigenvalue weighted by atomic mass is 9.74. The Morgan fingerprint density at radius 1 is 0.714 bits per heavy atom. The van der Waals surface area contributed by atoms with Crippen LogP contribution in [0.25, 0.3) is 0 Å². The summed E-state index contributed by atoms with van der Waals surface area (Å²) in [7, 11) is 0. The van der Waals surface area contributed by atoms with Crippen LogP contribution in [-0.2, 0) is 0 Å². The smallest absolute Gasteiger partial charge is 0.165 e. The molecule has 0 saturated heterocycles. The molecule has 0 bridgehead atoms. The molecule has 0 heterocycles. The second kappa shape index (κ2) is 12.3. The molecule has 0 atom stereocenters. The molecule has 0 aliphatic heterocycles. The Balaban J connectivity index is 1.35. The van der Waals surface area contributed by atoms with Gasteiger partial charge in [-0.3, -0.25) is 0 Å². The van der Waals surface area contributed by atoms with Crippen molar-refractivity contribution in [1.82, 2.24) is 0 Å². The third kappa shape index (κ3) is 6.24. The summed E-state index contributed by atoms with van der Waals surface area (Å²) in [4.78, 5) is 0. The van der Waals surface area contributed by atoms with E-state index in [0.717, 1.165) is 62.8 Å². The molecule has 0 radical (unpaired) electrons. The fourth-order valence-corrected chi connectivity index (χ4v) is 6.44. The Hall–Kier alpha value is -1.97. The predicted molar refractivity (Wildman–Crippen MR) is 137 cm³/mol. The Kier molecular flexibility index (Phi) is 9.19. The predicted octanol–water partition coefficient (Wildman–Crippen LogP) is 9.80. The van der Waals surface area contributed by atoms with Gasteiger partial charge in [0, 0.05) is 0 Å². The summed E-state index contributed by atoms with van der Waals surface area (Å²) >= 11 is 0. The summed E-state index contributed by atoms with van der Waals surface area (Å²) in [5.41, 5.74) is 2.07. The van der Waals surface area contributed by atoms with E-state index in [0.29, 0.717) is 17.7 Å². The molecule has 0 spiro atoms. The maximum atomic E-state index is 15.2. The highest BCUT2D eigenvalue weighted by Crippen LogP contribution is 2.44. The molecular weight excluding hydrogens is 445 g/mol. The molecule has 0 unspecified atom stereocenters. The van der Waals surface area contributed by atoms with E-state index < -0.39 is 11.6 Å². The molecule has 1 nitrogen and oxygen atoms in total. The number of ether oxygens (including phenoxy) is 1. The van der Waals surface area contributed by atoms with Gasteiger partial charge in [0.15, 0.2) is 23.2 Å². The molecular formula is C31H41F3O. The Morgan fingerprint density at radius 2 is 1.29 bits per heavy atom. The number of benzene rings is 2. The van der Waals surface area contributed by atoms with Crippen LogP contribution >= 0.6 is 0 Å². The van der Waals surface area contributed by atoms with E-state index in [1.165, 1.54) is 25.7 Å². The van der Waals surface area contributed by atoms with Crippen molar-refractivity contribution in [1.29, 1.82) is 0 Å². The summed E-state index contributed by atoms with van der Waals surface area (Å²) in [6.45, 7) is 4.50. The summed E-state index contributed by atoms with van der Waals surface area (Å²) in [5.74, 6) is -0.128. The molecule has 2 aliphatic carbocycles. The summed E-state index contributed by atoms with van der Waals surface area (Å²) in [6, 6.07) is 8.93. The quantitative estimate of drug-likeness (QED) is 0.321. The van der Waals surface area contributed by atoms with Gasteiger partial charge in [-0.1, -0.05) is 50.8 Å². The molecule has 192 valence electrons. The Morgan fingerprint density at radius 3 is 1.83 bits per heavy atom. The summed E-state index contributed by atoms with van der Waals surface area (Å²) < 4.78 is 50.0. The first-order chi connectivity index (χ1) is 17.0. The van der Waals surface area contributed by atoms with Crippen LogP contribution < -0.4 is 4.74 Å². The van der Waals surface area contributed by atoms with Crippen molar-refractivity contribution in [3.63, 3.8) is 0 Å². The minimum atomic E-state index is -0.636. The van der Waals surface area contributed by atoms with Gasteiger partial charge in [0.1, 0.15) is 0 Å². The summed E-state index contributed by atoms with van der Waals surface area (Å²) in [6.07, 6.45) is 12.6. The lowest BCUT2D eigenvalue weighted by Crippen LogP contribution is -2.17. The molecule has 2 aromatic carbocycles. The van der Waals surface area contributed by atoms with Crippen LogP contribution in [0.4, 0.5) is 13.2 Å². The lowest BCUT2D eigenvalue weighted by molar-refractivity contribution is 0.297. The first-order valence-corrected chi connectivity index (χ1v) is 13.9. The maximum absolute atomic E-state index is 15.2. The van der Waals surface area contributed by atoms with E-state index >= 15 is 8.78 Å². The Bertz CT molecular complexity index is 956. The fraction of sp³-hybridized carbons (Fsp3) is 0.613. The van der Waals surface area contributed by atoms with Crippen LogP contribution in [-0.4, -0.2) is 6.61 Å². The molecule has 35 heavy (non-hydrogen) atoms. The van der Waals surface area contributed by atoms with Gasteiger partial charge in [-0.25, -0.2) is 13.2 Å². The molecule has 2 fully saturated rings. The van der Waals surface area contributed by atoms with Crippen molar-refractivity contribution in [2.45, 2.75) is 109 Å². The van der Waals surface area contributed by atoms with E-state index in [-0.39, 0.29) is 29.3 Å². The van der Waals surface area contributed by atoms with Gasteiger partial charge >= 0.3 is 0 Å². The van der Waals surface area contributed by atoms with E-state index in [1.807, 2.05) is 25.1 Å². The molecule has 2 aromatic rings. The van der Waals surface area contributed by atoms with Gasteiger partial charge in [0.25, 0.3) is 0 Å². The third-order valence-electron chi connectivity index (χ3n) is 8.54. The normalized spacial score (nSPS) is 24.9. The highest BCUT2D eigenvalue weighted by molar-refractivity contribution is 5.34. The van der Waals surface area contributed by atoms with Gasteiger partial charge < -0.3 is 4.74 Å². The fourth-order valence-electron chi connectivity index (χ4n) is 6.44. The lowest BCUT2D eigenvalue weighted by Gasteiger charge is -2.31. The molecule has 4 rings (SSSR count). The average molecular weight is 487 g/mol. The van der Waals surface area contributed by atoms with Crippen LogP contribution in [0.2, 0.25) is 0 Å². The SMILES string of the molecule is CCCCCC1CCC(c2ccc(C3CCC(c4ccc(OCC)c(F)c4)CC3)c(F)c2F)CC1. The first kappa shape index (κ1) is 26.1. The van der Waals surface area contributed by atoms with Gasteiger partial charge in [0.05, 0.1) is 6.61 Å². The summed E-state index contributed by atoms with van der Waals surface area (Å²) in [5, 5.41) is 0. The first-order valence-electron chi connectivity index (χ1n) is 13.9. The van der Waals surface area contributed by atoms with Gasteiger partial charge in [-0.05, 0) is 111 Å². The number of hydrogen-bond donors (Lipinski definition) is 0. The largest absolute Gasteiger partial charge is 0.491 e. The number of hydrogen-bond acceptors (Lipinski definition) is 1. The van der Waals surface area contributed by atoms with Crippen molar-refractivity contribution in [3.8, 4) is 5.75 Å². The molecule has 2 aliphatic rings. The zero-order valence-electron chi connectivity index (χ0n) is 21.4. The molecule has 2 saturated carbocycles. The number of halogens is 3. The van der Waals surface area contributed by atoms with E-state index in [1.54, 1.807) is 12.1 Å². The zero-order valence-corrected chi connectivity index (χ0v) is 21.4. The van der Waals surface area contributed by atoms with Crippen molar-refractivity contribution < 1.29 is 17.9 Å². The van der Waals surface area contributed by atoms with Gasteiger partial charge in [0.2, 0.25) is 0 Å². The highest BCUT2D eigenvalue weighted by Gasteiger charge is 2.30. The molecule has 0 aromatic heterocycles. The van der Waals surface area contributed by atoms with E-state index in [2.05, 4.69) is 6.92 Å². The third-order valence-corrected chi connectivity index (χ3v) is 8.54. The van der Waals surface area contributed by atoms with Crippen LogP contribution in [0.3, 0.4) is 0 Å². The van der Waals surface area contributed by atoms with Gasteiger partial charge in [-0.2, -0.15) is 0 Å². The minimum absolute atomic E-state index is 0.0247.